The van der Waals surface area contributed by atoms with Gasteiger partial charge in [0.05, 0.1) is 20.1 Å². The first-order valence-electron chi connectivity index (χ1n) is 7.50. The van der Waals surface area contributed by atoms with Gasteiger partial charge in [-0.3, -0.25) is 9.79 Å². The van der Waals surface area contributed by atoms with Gasteiger partial charge in [0, 0.05) is 17.5 Å². The molecule has 0 unspecified atom stereocenters. The molecule has 1 aromatic rings. The van der Waals surface area contributed by atoms with Gasteiger partial charge in [0.15, 0.2) is 17.3 Å². The topological polar surface area (TPSA) is 47.9 Å². The van der Waals surface area contributed by atoms with Crippen LogP contribution < -0.4 is 9.47 Å². The number of aliphatic imine (C=N–C) groups is 1. The van der Waals surface area contributed by atoms with Gasteiger partial charge in [-0.2, -0.15) is 0 Å². The number of hydrogen-bond acceptors (Lipinski definition) is 4. The third kappa shape index (κ3) is 3.64. The molecule has 0 spiro atoms. The fourth-order valence-corrected chi connectivity index (χ4v) is 2.25. The van der Waals surface area contributed by atoms with E-state index in [4.69, 9.17) is 9.47 Å². The molecule has 0 bridgehead atoms. The number of carbonyl (C=O) groups excluding carboxylic acids is 1. The Kier molecular flexibility index (Phi) is 4.37. The van der Waals surface area contributed by atoms with Crippen molar-refractivity contribution in [2.45, 2.75) is 19.3 Å². The summed E-state index contributed by atoms with van der Waals surface area (Å²) in [5.74, 6) is 2.23. The van der Waals surface area contributed by atoms with Gasteiger partial charge in [-0.1, -0.05) is 12.1 Å². The number of hydrogen-bond donors (Lipinski definition) is 0. The molecule has 0 atom stereocenters. The maximum absolute atomic E-state index is 11.4. The molecule has 2 aliphatic rings. The zero-order chi connectivity index (χ0) is 15.4. The molecular weight excluding hydrogens is 278 g/mol. The van der Waals surface area contributed by atoms with Crippen molar-refractivity contribution in [1.82, 2.24) is 0 Å². The minimum absolute atomic E-state index is 0.0745. The minimum atomic E-state index is 0.0745. The third-order valence-electron chi connectivity index (χ3n) is 3.70. The third-order valence-corrected chi connectivity index (χ3v) is 3.70. The predicted molar refractivity (Wildman–Crippen MR) is 86.4 cm³/mol. The zero-order valence-electron chi connectivity index (χ0n) is 12.6. The Morgan fingerprint density at radius 2 is 2.18 bits per heavy atom. The Balaban J connectivity index is 1.80. The molecule has 0 amide bonds. The molecule has 114 valence electrons. The number of nitrogens with zero attached hydrogens (tertiary/aromatic N) is 1. The lowest BCUT2D eigenvalue weighted by Gasteiger charge is -2.13. The Morgan fingerprint density at radius 3 is 2.91 bits per heavy atom. The summed E-state index contributed by atoms with van der Waals surface area (Å²) in [5, 5.41) is 0. The first-order valence-corrected chi connectivity index (χ1v) is 7.50. The molecule has 0 aromatic heterocycles. The van der Waals surface area contributed by atoms with Gasteiger partial charge in [0.2, 0.25) is 0 Å². The lowest BCUT2D eigenvalue weighted by molar-refractivity contribution is -0.113. The van der Waals surface area contributed by atoms with Crippen LogP contribution in [0.4, 0.5) is 0 Å². The number of allylic oxidation sites excluding steroid dienone is 2. The first-order chi connectivity index (χ1) is 10.8. The van der Waals surface area contributed by atoms with Crippen molar-refractivity contribution >= 4 is 17.6 Å². The second-order valence-electron chi connectivity index (χ2n) is 5.55. The Morgan fingerprint density at radius 1 is 1.32 bits per heavy atom. The van der Waals surface area contributed by atoms with Crippen LogP contribution in [0.5, 0.6) is 11.5 Å². The van der Waals surface area contributed by atoms with E-state index in [1.54, 1.807) is 13.3 Å². The van der Waals surface area contributed by atoms with Gasteiger partial charge in [0.1, 0.15) is 0 Å². The summed E-state index contributed by atoms with van der Waals surface area (Å²) in [7, 11) is 1.64. The van der Waals surface area contributed by atoms with Gasteiger partial charge in [-0.05, 0) is 43.1 Å². The monoisotopic (exact) mass is 297 g/mol. The first kappa shape index (κ1) is 14.6. The Bertz CT molecular complexity index is 654. The van der Waals surface area contributed by atoms with Crippen LogP contribution in [0.1, 0.15) is 24.8 Å². The Labute approximate surface area is 130 Å². The molecule has 4 heteroatoms. The van der Waals surface area contributed by atoms with E-state index in [0.717, 1.165) is 29.4 Å². The average molecular weight is 297 g/mol. The van der Waals surface area contributed by atoms with E-state index in [0.29, 0.717) is 12.3 Å². The van der Waals surface area contributed by atoms with Crippen LogP contribution in [0.2, 0.25) is 0 Å². The van der Waals surface area contributed by atoms with Crippen molar-refractivity contribution in [2.24, 2.45) is 10.9 Å². The van der Waals surface area contributed by atoms with Crippen molar-refractivity contribution < 1.29 is 14.3 Å². The van der Waals surface area contributed by atoms with Crippen molar-refractivity contribution in [3.63, 3.8) is 0 Å². The van der Waals surface area contributed by atoms with Gasteiger partial charge < -0.3 is 9.47 Å². The maximum Gasteiger partial charge on any atom is 0.168 e. The second kappa shape index (κ2) is 6.60. The highest BCUT2D eigenvalue weighted by atomic mass is 16.5. The van der Waals surface area contributed by atoms with Gasteiger partial charge in [-0.15, -0.1) is 0 Å². The highest BCUT2D eigenvalue weighted by molar-refractivity contribution is 6.14. The molecular formula is C18H19NO3. The van der Waals surface area contributed by atoms with Crippen LogP contribution in [0.3, 0.4) is 0 Å². The molecule has 3 rings (SSSR count). The molecule has 1 fully saturated rings. The summed E-state index contributed by atoms with van der Waals surface area (Å²) in [6.45, 7) is 0.726. The van der Waals surface area contributed by atoms with E-state index in [2.05, 4.69) is 4.99 Å². The van der Waals surface area contributed by atoms with Crippen LogP contribution in [0, 0.1) is 5.92 Å². The number of methoxy groups -OCH3 is 1. The summed E-state index contributed by atoms with van der Waals surface area (Å²) in [5.41, 5.74) is 1.69. The van der Waals surface area contributed by atoms with Crippen LogP contribution in [0.25, 0.3) is 6.08 Å². The highest BCUT2D eigenvalue weighted by Crippen LogP contribution is 2.35. The van der Waals surface area contributed by atoms with Gasteiger partial charge in [-0.25, -0.2) is 0 Å². The molecule has 1 heterocycles. The van der Waals surface area contributed by atoms with Crippen molar-refractivity contribution in [3.8, 4) is 11.5 Å². The maximum atomic E-state index is 11.4. The number of ketones is 1. The predicted octanol–water partition coefficient (Wildman–Crippen LogP) is 3.42. The van der Waals surface area contributed by atoms with E-state index >= 15 is 0 Å². The average Bonchev–Trinajstić information content (AvgIpc) is 3.35. The molecule has 0 N–H and O–H groups in total. The minimum Gasteiger partial charge on any atom is -0.493 e. The van der Waals surface area contributed by atoms with Crippen LogP contribution >= 0.6 is 0 Å². The molecule has 1 aliphatic heterocycles. The van der Waals surface area contributed by atoms with Crippen LogP contribution in [-0.2, 0) is 4.79 Å². The number of ether oxygens (including phenoxy) is 2. The summed E-state index contributed by atoms with van der Waals surface area (Å²) in [6.07, 6.45) is 9.65. The quantitative estimate of drug-likeness (QED) is 0.808. The molecule has 1 aliphatic carbocycles. The van der Waals surface area contributed by atoms with E-state index < -0.39 is 0 Å². The fourth-order valence-electron chi connectivity index (χ4n) is 2.25. The van der Waals surface area contributed by atoms with E-state index in [1.807, 2.05) is 30.4 Å². The molecule has 4 nitrogen and oxygen atoms in total. The summed E-state index contributed by atoms with van der Waals surface area (Å²) < 4.78 is 11.3. The number of rotatable bonds is 6. The van der Waals surface area contributed by atoms with Crippen LogP contribution in [-0.4, -0.2) is 25.2 Å². The summed E-state index contributed by atoms with van der Waals surface area (Å²) in [4.78, 5) is 15.6. The summed E-state index contributed by atoms with van der Waals surface area (Å²) in [6, 6.07) is 5.79. The molecule has 1 saturated carbocycles. The lowest BCUT2D eigenvalue weighted by Crippen LogP contribution is -2.06. The van der Waals surface area contributed by atoms with E-state index in [1.165, 1.54) is 18.9 Å². The number of benzene rings is 1. The standard InChI is InChI=1S/C18H19NO3/c1-21-17-4-2-3-14(18(17)22-12-13-5-6-13)7-8-15-11-16(20)9-10-19-15/h2-4,7-10,13H,5-6,11-12H2,1H3/b8-7+. The fraction of sp³-hybridized carbons (Fsp3) is 0.333. The molecule has 22 heavy (non-hydrogen) atoms. The van der Waals surface area contributed by atoms with Crippen molar-refractivity contribution in [2.75, 3.05) is 13.7 Å². The van der Waals surface area contributed by atoms with Crippen LogP contribution in [0.15, 0.2) is 41.5 Å². The molecule has 1 aromatic carbocycles. The Hall–Kier alpha value is -2.36. The molecule has 0 saturated heterocycles. The highest BCUT2D eigenvalue weighted by Gasteiger charge is 2.23. The van der Waals surface area contributed by atoms with E-state index in [9.17, 15) is 4.79 Å². The number of para-hydroxylation sites is 1. The normalized spacial score (nSPS) is 17.7. The smallest absolute Gasteiger partial charge is 0.168 e. The second-order valence-corrected chi connectivity index (χ2v) is 5.55. The number of carbonyl (C=O) groups is 1. The van der Waals surface area contributed by atoms with Gasteiger partial charge in [0.25, 0.3) is 0 Å². The largest absolute Gasteiger partial charge is 0.493 e. The van der Waals surface area contributed by atoms with Gasteiger partial charge >= 0.3 is 0 Å². The molecule has 0 radical (unpaired) electrons. The SMILES string of the molecule is COc1cccc(/C=C/C2=NC=CC(=O)C2)c1OCC1CC1. The van der Waals surface area contributed by atoms with Crippen molar-refractivity contribution in [3.05, 3.63) is 42.1 Å². The van der Waals surface area contributed by atoms with E-state index in [-0.39, 0.29) is 5.78 Å². The zero-order valence-corrected chi connectivity index (χ0v) is 12.6. The summed E-state index contributed by atoms with van der Waals surface area (Å²) >= 11 is 0. The van der Waals surface area contributed by atoms with Crippen molar-refractivity contribution in [1.29, 1.82) is 0 Å². The lowest BCUT2D eigenvalue weighted by atomic mass is 10.1.